The number of rotatable bonds is 6. The number of nitrogens with one attached hydrogen (secondary N) is 1. The van der Waals surface area contributed by atoms with Crippen molar-refractivity contribution in [3.63, 3.8) is 0 Å². The van der Waals surface area contributed by atoms with Crippen molar-refractivity contribution < 1.29 is 0 Å². The van der Waals surface area contributed by atoms with E-state index in [0.29, 0.717) is 11.8 Å². The molecular formula is C29H41N5. The van der Waals surface area contributed by atoms with Gasteiger partial charge < -0.3 is 20.9 Å². The normalized spacial score (nSPS) is 23.0. The molecule has 3 N–H and O–H groups in total. The van der Waals surface area contributed by atoms with E-state index in [1.165, 1.54) is 23.8 Å². The van der Waals surface area contributed by atoms with Crippen LogP contribution >= 0.6 is 0 Å². The molecule has 2 aliphatic heterocycles. The molecule has 0 bridgehead atoms. The van der Waals surface area contributed by atoms with Crippen LogP contribution in [0, 0.1) is 12.8 Å². The number of allylic oxidation sites excluding steroid dienone is 2. The van der Waals surface area contributed by atoms with E-state index in [4.69, 9.17) is 10.7 Å². The van der Waals surface area contributed by atoms with Gasteiger partial charge in [0.1, 0.15) is 0 Å². The zero-order valence-corrected chi connectivity index (χ0v) is 21.4. The number of aromatic nitrogens is 1. The molecule has 4 rings (SSSR count). The molecule has 2 aromatic rings. The summed E-state index contributed by atoms with van der Waals surface area (Å²) in [6, 6.07) is 9.22. The van der Waals surface area contributed by atoms with E-state index in [1.54, 1.807) is 0 Å². The molecule has 0 radical (unpaired) electrons. The fourth-order valence-corrected chi connectivity index (χ4v) is 5.66. The zero-order valence-electron chi connectivity index (χ0n) is 21.4. The Morgan fingerprint density at radius 3 is 2.62 bits per heavy atom. The van der Waals surface area contributed by atoms with E-state index in [0.717, 1.165) is 66.5 Å². The fourth-order valence-electron chi connectivity index (χ4n) is 5.66. The van der Waals surface area contributed by atoms with Gasteiger partial charge in [-0.15, -0.1) is 0 Å². The highest BCUT2D eigenvalue weighted by Crippen LogP contribution is 2.30. The highest BCUT2D eigenvalue weighted by Gasteiger charge is 2.24. The summed E-state index contributed by atoms with van der Waals surface area (Å²) >= 11 is 0. The van der Waals surface area contributed by atoms with Crippen molar-refractivity contribution in [2.75, 3.05) is 33.2 Å². The Morgan fingerprint density at radius 2 is 1.94 bits per heavy atom. The molecule has 5 nitrogen and oxygen atoms in total. The Hall–Kier alpha value is -2.63. The molecule has 0 amide bonds. The minimum Gasteiger partial charge on any atom is -0.368 e. The van der Waals surface area contributed by atoms with Crippen molar-refractivity contribution in [2.24, 2.45) is 11.7 Å². The van der Waals surface area contributed by atoms with E-state index in [1.807, 2.05) is 6.08 Å². The van der Waals surface area contributed by atoms with Gasteiger partial charge in [0.25, 0.3) is 0 Å². The SMILES string of the molecule is C=C/C(=C(\C)NC(=C)c1nc2cc(C3CCN(C)CC3)ccc2cc1C)N1C[C@H](C)C[C@H](N)C1. The molecule has 34 heavy (non-hydrogen) atoms. The first-order valence-electron chi connectivity index (χ1n) is 12.6. The minimum absolute atomic E-state index is 0.192. The Kier molecular flexibility index (Phi) is 7.44. The van der Waals surface area contributed by atoms with Crippen molar-refractivity contribution in [2.45, 2.75) is 52.0 Å². The lowest BCUT2D eigenvalue weighted by molar-refractivity contribution is 0.209. The summed E-state index contributed by atoms with van der Waals surface area (Å²) in [4.78, 5) is 9.82. The van der Waals surface area contributed by atoms with Gasteiger partial charge in [0.2, 0.25) is 0 Å². The van der Waals surface area contributed by atoms with Crippen LogP contribution in [-0.4, -0.2) is 54.1 Å². The lowest BCUT2D eigenvalue weighted by atomic mass is 9.89. The van der Waals surface area contributed by atoms with E-state index >= 15 is 0 Å². The molecule has 1 aromatic heterocycles. The van der Waals surface area contributed by atoms with Gasteiger partial charge in [0, 0.05) is 30.2 Å². The number of pyridine rings is 1. The zero-order chi connectivity index (χ0) is 24.4. The maximum absolute atomic E-state index is 6.30. The van der Waals surface area contributed by atoms with Crippen LogP contribution in [0.4, 0.5) is 0 Å². The van der Waals surface area contributed by atoms with Crippen LogP contribution in [0.5, 0.6) is 0 Å². The predicted molar refractivity (Wildman–Crippen MR) is 144 cm³/mol. The maximum Gasteiger partial charge on any atom is 0.0895 e. The molecule has 2 saturated heterocycles. The van der Waals surface area contributed by atoms with Gasteiger partial charge in [0.05, 0.1) is 22.6 Å². The van der Waals surface area contributed by atoms with Crippen molar-refractivity contribution in [1.29, 1.82) is 0 Å². The average molecular weight is 460 g/mol. The fraction of sp³-hybridized carbons (Fsp3) is 0.483. The third-order valence-corrected chi connectivity index (χ3v) is 7.46. The van der Waals surface area contributed by atoms with Gasteiger partial charge in [-0.05, 0) is 94.4 Å². The molecule has 0 spiro atoms. The highest BCUT2D eigenvalue weighted by molar-refractivity contribution is 5.83. The standard InChI is InChI=1S/C29H41N5/c1-7-28(34-17-19(2)14-26(30)18-34)21(4)31-22(5)29-20(3)15-25-9-8-24(16-27(25)32-29)23-10-12-33(6)13-11-23/h7-9,15-16,19,23,26,31H,1,5,10-14,17-18,30H2,2-4,6H3/b28-21-/t19-,26+/m1/s1. The van der Waals surface area contributed by atoms with Crippen molar-refractivity contribution in [1.82, 2.24) is 20.1 Å². The number of benzene rings is 1. The molecule has 2 fully saturated rings. The molecule has 2 aliphatic rings. The summed E-state index contributed by atoms with van der Waals surface area (Å²) in [5.41, 5.74) is 13.7. The van der Waals surface area contributed by atoms with Crippen LogP contribution in [-0.2, 0) is 0 Å². The Labute approximate surface area is 205 Å². The number of nitrogens with two attached hydrogens (primary N) is 1. The van der Waals surface area contributed by atoms with E-state index in [-0.39, 0.29) is 6.04 Å². The van der Waals surface area contributed by atoms with Crippen LogP contribution in [0.3, 0.4) is 0 Å². The van der Waals surface area contributed by atoms with Crippen LogP contribution in [0.1, 0.15) is 55.8 Å². The second-order valence-corrected chi connectivity index (χ2v) is 10.5. The number of hydrogen-bond donors (Lipinski definition) is 2. The summed E-state index contributed by atoms with van der Waals surface area (Å²) in [6.07, 6.45) is 5.42. The third-order valence-electron chi connectivity index (χ3n) is 7.46. The van der Waals surface area contributed by atoms with Crippen LogP contribution in [0.25, 0.3) is 16.6 Å². The van der Waals surface area contributed by atoms with E-state index < -0.39 is 0 Å². The quantitative estimate of drug-likeness (QED) is 0.596. The number of piperidine rings is 2. The topological polar surface area (TPSA) is 57.4 Å². The van der Waals surface area contributed by atoms with E-state index in [2.05, 4.69) is 80.4 Å². The molecule has 0 saturated carbocycles. The van der Waals surface area contributed by atoms with Crippen molar-refractivity contribution in [3.8, 4) is 0 Å². The molecule has 2 atom stereocenters. The Morgan fingerprint density at radius 1 is 1.21 bits per heavy atom. The van der Waals surface area contributed by atoms with Gasteiger partial charge in [0.15, 0.2) is 0 Å². The first-order chi connectivity index (χ1) is 16.2. The van der Waals surface area contributed by atoms with Crippen LogP contribution in [0.2, 0.25) is 0 Å². The third kappa shape index (κ3) is 5.37. The highest BCUT2D eigenvalue weighted by atomic mass is 15.2. The number of nitrogens with zero attached hydrogens (tertiary/aromatic N) is 3. The first kappa shape index (κ1) is 24.5. The Balaban J connectivity index is 1.58. The number of aryl methyl sites for hydroxylation is 1. The average Bonchev–Trinajstić information content (AvgIpc) is 2.78. The van der Waals surface area contributed by atoms with Gasteiger partial charge in [-0.2, -0.15) is 0 Å². The smallest absolute Gasteiger partial charge is 0.0895 e. The number of likely N-dealkylation sites (tertiary alicyclic amines) is 2. The number of hydrogen-bond acceptors (Lipinski definition) is 5. The summed E-state index contributed by atoms with van der Waals surface area (Å²) < 4.78 is 0. The summed E-state index contributed by atoms with van der Waals surface area (Å²) in [5.74, 6) is 1.19. The summed E-state index contributed by atoms with van der Waals surface area (Å²) in [6.45, 7) is 19.1. The lowest BCUT2D eigenvalue weighted by Gasteiger charge is -2.37. The second-order valence-electron chi connectivity index (χ2n) is 10.5. The van der Waals surface area contributed by atoms with Gasteiger partial charge in [-0.25, -0.2) is 4.98 Å². The van der Waals surface area contributed by atoms with Crippen molar-refractivity contribution in [3.05, 3.63) is 71.7 Å². The molecule has 0 aliphatic carbocycles. The van der Waals surface area contributed by atoms with Crippen LogP contribution in [0.15, 0.2) is 54.9 Å². The summed E-state index contributed by atoms with van der Waals surface area (Å²) in [5, 5.41) is 4.71. The molecular weight excluding hydrogens is 418 g/mol. The predicted octanol–water partition coefficient (Wildman–Crippen LogP) is 5.00. The molecule has 1 aromatic carbocycles. The van der Waals surface area contributed by atoms with Gasteiger partial charge in [-0.1, -0.05) is 32.2 Å². The van der Waals surface area contributed by atoms with Crippen molar-refractivity contribution >= 4 is 16.6 Å². The monoisotopic (exact) mass is 459 g/mol. The molecule has 182 valence electrons. The van der Waals surface area contributed by atoms with Crippen LogP contribution < -0.4 is 11.1 Å². The minimum atomic E-state index is 0.192. The summed E-state index contributed by atoms with van der Waals surface area (Å²) in [7, 11) is 2.21. The maximum atomic E-state index is 6.30. The molecule has 0 unspecified atom stereocenters. The first-order valence-corrected chi connectivity index (χ1v) is 12.6. The Bertz CT molecular complexity index is 1080. The molecule has 3 heterocycles. The lowest BCUT2D eigenvalue weighted by Crippen LogP contribution is -2.46. The number of fused-ring (bicyclic) bond motifs is 1. The molecule has 5 heteroatoms. The van der Waals surface area contributed by atoms with E-state index in [9.17, 15) is 0 Å². The largest absolute Gasteiger partial charge is 0.368 e. The van der Waals surface area contributed by atoms with Gasteiger partial charge >= 0.3 is 0 Å². The second kappa shape index (κ2) is 10.3. The van der Waals surface area contributed by atoms with Gasteiger partial charge in [-0.3, -0.25) is 0 Å².